The highest BCUT2D eigenvalue weighted by Crippen LogP contribution is 2.32. The van der Waals surface area contributed by atoms with Crippen molar-refractivity contribution in [2.75, 3.05) is 26.2 Å². The standard InChI is InChI=1S/C18H26N2O3/c1-18(2,3)22-17(21)23-20-12-15-10-19(11-16(15)13-20)9-14-7-5-4-6-8-14/h4-8,15-16H,9-13H2,1-3H3. The molecule has 0 N–H and O–H groups in total. The normalized spacial score (nSPS) is 25.3. The van der Waals surface area contributed by atoms with E-state index < -0.39 is 11.8 Å². The molecule has 0 spiro atoms. The van der Waals surface area contributed by atoms with Crippen LogP contribution in [0.2, 0.25) is 0 Å². The summed E-state index contributed by atoms with van der Waals surface area (Å²) in [4.78, 5) is 19.6. The second kappa shape index (κ2) is 6.49. The van der Waals surface area contributed by atoms with Crippen molar-refractivity contribution in [3.63, 3.8) is 0 Å². The van der Waals surface area contributed by atoms with Gasteiger partial charge in [-0.15, -0.1) is 5.06 Å². The number of carbonyl (C=O) groups excluding carboxylic acids is 1. The summed E-state index contributed by atoms with van der Waals surface area (Å²) < 4.78 is 5.21. The van der Waals surface area contributed by atoms with Crippen LogP contribution in [0.25, 0.3) is 0 Å². The predicted molar refractivity (Wildman–Crippen MR) is 87.6 cm³/mol. The summed E-state index contributed by atoms with van der Waals surface area (Å²) >= 11 is 0. The fourth-order valence-electron chi connectivity index (χ4n) is 3.47. The first-order valence-corrected chi connectivity index (χ1v) is 8.31. The Morgan fingerprint density at radius 3 is 2.26 bits per heavy atom. The highest BCUT2D eigenvalue weighted by atomic mass is 16.8. The average molecular weight is 318 g/mol. The van der Waals surface area contributed by atoms with Gasteiger partial charge in [-0.1, -0.05) is 30.3 Å². The third kappa shape index (κ3) is 4.45. The molecule has 2 aliphatic heterocycles. The van der Waals surface area contributed by atoms with Crippen LogP contribution in [0.5, 0.6) is 0 Å². The Morgan fingerprint density at radius 1 is 1.09 bits per heavy atom. The first-order valence-electron chi connectivity index (χ1n) is 8.31. The number of ether oxygens (including phenoxy) is 1. The van der Waals surface area contributed by atoms with E-state index >= 15 is 0 Å². The van der Waals surface area contributed by atoms with E-state index in [2.05, 4.69) is 29.2 Å². The predicted octanol–water partition coefficient (Wildman–Crippen LogP) is 2.92. The summed E-state index contributed by atoms with van der Waals surface area (Å²) in [6.07, 6.45) is -0.599. The fourth-order valence-corrected chi connectivity index (χ4v) is 3.47. The van der Waals surface area contributed by atoms with Crippen LogP contribution in [0.4, 0.5) is 4.79 Å². The minimum Gasteiger partial charge on any atom is -0.427 e. The quantitative estimate of drug-likeness (QED) is 0.802. The Morgan fingerprint density at radius 2 is 1.70 bits per heavy atom. The van der Waals surface area contributed by atoms with Crippen LogP contribution in [0.3, 0.4) is 0 Å². The molecule has 0 radical (unpaired) electrons. The maximum atomic E-state index is 11.7. The van der Waals surface area contributed by atoms with Crippen molar-refractivity contribution >= 4 is 6.16 Å². The monoisotopic (exact) mass is 318 g/mol. The zero-order chi connectivity index (χ0) is 16.4. The molecule has 23 heavy (non-hydrogen) atoms. The minimum absolute atomic E-state index is 0.515. The molecule has 5 heteroatoms. The van der Waals surface area contributed by atoms with Crippen LogP contribution in [-0.4, -0.2) is 47.9 Å². The van der Waals surface area contributed by atoms with E-state index in [1.54, 1.807) is 5.06 Å². The van der Waals surface area contributed by atoms with Crippen LogP contribution in [0.15, 0.2) is 30.3 Å². The molecule has 2 unspecified atom stereocenters. The molecule has 0 aromatic heterocycles. The molecule has 0 amide bonds. The van der Waals surface area contributed by atoms with Crippen LogP contribution in [0.1, 0.15) is 26.3 Å². The molecular formula is C18H26N2O3. The minimum atomic E-state index is -0.599. The smallest absolute Gasteiger partial charge is 0.427 e. The van der Waals surface area contributed by atoms with Gasteiger partial charge in [0.15, 0.2) is 0 Å². The number of benzene rings is 1. The number of hydrogen-bond donors (Lipinski definition) is 0. The number of hydrogen-bond acceptors (Lipinski definition) is 5. The first-order chi connectivity index (χ1) is 10.9. The molecule has 0 aliphatic carbocycles. The Kier molecular flexibility index (Phi) is 4.60. The molecule has 2 saturated heterocycles. The van der Waals surface area contributed by atoms with Crippen molar-refractivity contribution in [3.05, 3.63) is 35.9 Å². The molecule has 0 saturated carbocycles. The van der Waals surface area contributed by atoms with E-state index in [0.717, 1.165) is 32.7 Å². The lowest BCUT2D eigenvalue weighted by Crippen LogP contribution is -2.33. The molecule has 1 aromatic carbocycles. The maximum absolute atomic E-state index is 11.7. The number of carbonyl (C=O) groups is 1. The van der Waals surface area contributed by atoms with Gasteiger partial charge in [0.05, 0.1) is 0 Å². The first kappa shape index (κ1) is 16.3. The second-order valence-corrected chi connectivity index (χ2v) is 7.60. The molecule has 2 heterocycles. The number of likely N-dealkylation sites (tertiary alicyclic amines) is 1. The number of nitrogens with zero attached hydrogens (tertiary/aromatic N) is 2. The number of rotatable bonds is 3. The fraction of sp³-hybridized carbons (Fsp3) is 0.611. The van der Waals surface area contributed by atoms with Crippen LogP contribution in [-0.2, 0) is 16.1 Å². The van der Waals surface area contributed by atoms with Gasteiger partial charge in [0.1, 0.15) is 5.60 Å². The van der Waals surface area contributed by atoms with E-state index in [1.807, 2.05) is 26.8 Å². The molecule has 1 aromatic rings. The topological polar surface area (TPSA) is 42.0 Å². The van der Waals surface area contributed by atoms with E-state index in [1.165, 1.54) is 5.56 Å². The van der Waals surface area contributed by atoms with Gasteiger partial charge in [-0.25, -0.2) is 4.79 Å². The lowest BCUT2D eigenvalue weighted by molar-refractivity contribution is -0.134. The zero-order valence-corrected chi connectivity index (χ0v) is 14.2. The van der Waals surface area contributed by atoms with Gasteiger partial charge in [-0.05, 0) is 38.2 Å². The van der Waals surface area contributed by atoms with Crippen molar-refractivity contribution in [2.45, 2.75) is 32.9 Å². The lowest BCUT2D eigenvalue weighted by atomic mass is 10.0. The second-order valence-electron chi connectivity index (χ2n) is 7.60. The van der Waals surface area contributed by atoms with Crippen molar-refractivity contribution in [1.29, 1.82) is 0 Å². The zero-order valence-electron chi connectivity index (χ0n) is 14.2. The van der Waals surface area contributed by atoms with E-state index in [0.29, 0.717) is 11.8 Å². The molecule has 5 nitrogen and oxygen atoms in total. The largest absolute Gasteiger partial charge is 0.528 e. The lowest BCUT2D eigenvalue weighted by Gasteiger charge is -2.23. The summed E-state index contributed by atoms with van der Waals surface area (Å²) in [7, 11) is 0. The van der Waals surface area contributed by atoms with E-state index in [9.17, 15) is 4.79 Å². The highest BCUT2D eigenvalue weighted by Gasteiger charge is 2.41. The van der Waals surface area contributed by atoms with Gasteiger partial charge >= 0.3 is 6.16 Å². The molecule has 2 fully saturated rings. The summed E-state index contributed by atoms with van der Waals surface area (Å²) in [5, 5.41) is 1.77. The molecule has 2 atom stereocenters. The summed E-state index contributed by atoms with van der Waals surface area (Å²) in [6, 6.07) is 10.6. The number of fused-ring (bicyclic) bond motifs is 1. The van der Waals surface area contributed by atoms with Crippen LogP contribution < -0.4 is 0 Å². The van der Waals surface area contributed by atoms with Crippen LogP contribution in [0, 0.1) is 11.8 Å². The van der Waals surface area contributed by atoms with Gasteiger partial charge in [-0.3, -0.25) is 4.90 Å². The molecule has 126 valence electrons. The van der Waals surface area contributed by atoms with Crippen molar-refractivity contribution in [1.82, 2.24) is 9.96 Å². The van der Waals surface area contributed by atoms with Crippen molar-refractivity contribution in [3.8, 4) is 0 Å². The molecule has 3 rings (SSSR count). The van der Waals surface area contributed by atoms with Crippen LogP contribution >= 0.6 is 0 Å². The third-order valence-corrected chi connectivity index (χ3v) is 4.37. The maximum Gasteiger partial charge on any atom is 0.528 e. The van der Waals surface area contributed by atoms with Gasteiger partial charge in [0, 0.05) is 32.7 Å². The van der Waals surface area contributed by atoms with Gasteiger partial charge in [0.25, 0.3) is 0 Å². The molecular weight excluding hydrogens is 292 g/mol. The van der Waals surface area contributed by atoms with Crippen molar-refractivity contribution < 1.29 is 14.4 Å². The Bertz CT molecular complexity index is 527. The summed E-state index contributed by atoms with van der Waals surface area (Å²) in [5.41, 5.74) is 0.841. The molecule has 0 bridgehead atoms. The van der Waals surface area contributed by atoms with Gasteiger partial charge < -0.3 is 9.57 Å². The van der Waals surface area contributed by atoms with Gasteiger partial charge in [0.2, 0.25) is 0 Å². The molecule has 2 aliphatic rings. The van der Waals surface area contributed by atoms with Gasteiger partial charge in [-0.2, -0.15) is 0 Å². The Hall–Kier alpha value is -1.59. The summed E-state index contributed by atoms with van der Waals surface area (Å²) in [5.74, 6) is 1.14. The highest BCUT2D eigenvalue weighted by molar-refractivity contribution is 5.60. The third-order valence-electron chi connectivity index (χ3n) is 4.37. The number of hydroxylamine groups is 2. The Labute approximate surface area is 138 Å². The van der Waals surface area contributed by atoms with E-state index in [4.69, 9.17) is 9.57 Å². The van der Waals surface area contributed by atoms with Crippen molar-refractivity contribution in [2.24, 2.45) is 11.8 Å². The average Bonchev–Trinajstić information content (AvgIpc) is 2.95. The Balaban J connectivity index is 1.45. The van der Waals surface area contributed by atoms with E-state index in [-0.39, 0.29) is 0 Å². The summed E-state index contributed by atoms with van der Waals surface area (Å²) in [6.45, 7) is 10.3. The SMILES string of the molecule is CC(C)(C)OC(=O)ON1CC2CN(Cc3ccccc3)CC2C1.